The molecule has 2 aromatic carbocycles. The lowest BCUT2D eigenvalue weighted by atomic mass is 10.0. The third kappa shape index (κ3) is 2.18. The Labute approximate surface area is 122 Å². The van der Waals surface area contributed by atoms with E-state index < -0.39 is 0 Å². The maximum atomic E-state index is 12.9. The van der Waals surface area contributed by atoms with E-state index in [2.05, 4.69) is 15.9 Å². The van der Waals surface area contributed by atoms with E-state index in [0.717, 1.165) is 16.6 Å². The fraction of sp³-hybridized carbons (Fsp3) is 0.133. The van der Waals surface area contributed by atoms with Gasteiger partial charge in [-0.3, -0.25) is 4.57 Å². The van der Waals surface area contributed by atoms with Crippen LogP contribution in [-0.2, 0) is 7.05 Å². The maximum Gasteiger partial charge on any atom is 0.419 e. The van der Waals surface area contributed by atoms with Crippen molar-refractivity contribution in [1.82, 2.24) is 4.57 Å². The average Bonchev–Trinajstić information content (AvgIpc) is 2.74. The van der Waals surface area contributed by atoms with Crippen molar-refractivity contribution < 1.29 is 8.81 Å². The van der Waals surface area contributed by atoms with Gasteiger partial charge in [-0.15, -0.1) is 0 Å². The fourth-order valence-corrected chi connectivity index (χ4v) is 2.72. The van der Waals surface area contributed by atoms with Crippen molar-refractivity contribution in [1.29, 1.82) is 0 Å². The normalized spacial score (nSPS) is 12.8. The molecule has 0 aliphatic heterocycles. The van der Waals surface area contributed by atoms with Crippen molar-refractivity contribution in [2.75, 3.05) is 0 Å². The van der Waals surface area contributed by atoms with E-state index in [4.69, 9.17) is 4.42 Å². The number of alkyl halides is 1. The molecule has 102 valence electrons. The van der Waals surface area contributed by atoms with Gasteiger partial charge in [0.1, 0.15) is 5.82 Å². The number of hydrogen-bond donors (Lipinski definition) is 0. The standard InChI is InChI=1S/C15H11BrFNO2/c1-18-12-7-4-10(8-13(12)20-15(18)19)14(16)9-2-5-11(17)6-3-9/h2-8,14H,1H3. The Bertz CT molecular complexity index is 820. The molecule has 0 amide bonds. The number of halogens is 2. The molecule has 3 nitrogen and oxygen atoms in total. The molecule has 5 heteroatoms. The van der Waals surface area contributed by atoms with Crippen molar-refractivity contribution in [3.8, 4) is 0 Å². The summed E-state index contributed by atoms with van der Waals surface area (Å²) in [6, 6.07) is 11.9. The summed E-state index contributed by atoms with van der Waals surface area (Å²) < 4.78 is 19.6. The van der Waals surface area contributed by atoms with E-state index in [1.165, 1.54) is 16.7 Å². The van der Waals surface area contributed by atoms with Crippen LogP contribution < -0.4 is 5.76 Å². The van der Waals surface area contributed by atoms with Gasteiger partial charge in [-0.25, -0.2) is 9.18 Å². The lowest BCUT2D eigenvalue weighted by molar-refractivity contribution is 0.528. The number of benzene rings is 2. The highest BCUT2D eigenvalue weighted by atomic mass is 79.9. The summed E-state index contributed by atoms with van der Waals surface area (Å²) in [5.74, 6) is -0.650. The predicted octanol–water partition coefficient (Wildman–Crippen LogP) is 3.75. The minimum atomic E-state index is -0.384. The van der Waals surface area contributed by atoms with Crippen LogP contribution in [0.15, 0.2) is 51.7 Å². The number of aryl methyl sites for hydroxylation is 1. The van der Waals surface area contributed by atoms with Gasteiger partial charge in [0.15, 0.2) is 5.58 Å². The molecule has 1 unspecified atom stereocenters. The number of oxazole rings is 1. The molecule has 1 atom stereocenters. The maximum absolute atomic E-state index is 12.9. The summed E-state index contributed by atoms with van der Waals surface area (Å²) >= 11 is 3.58. The van der Waals surface area contributed by atoms with Crippen LogP contribution in [0.4, 0.5) is 4.39 Å². The van der Waals surface area contributed by atoms with E-state index in [-0.39, 0.29) is 16.4 Å². The van der Waals surface area contributed by atoms with E-state index in [9.17, 15) is 9.18 Å². The zero-order valence-electron chi connectivity index (χ0n) is 10.6. The van der Waals surface area contributed by atoms with Gasteiger partial charge >= 0.3 is 5.76 Å². The first kappa shape index (κ1) is 13.1. The van der Waals surface area contributed by atoms with Crippen LogP contribution in [0.5, 0.6) is 0 Å². The van der Waals surface area contributed by atoms with E-state index >= 15 is 0 Å². The fourth-order valence-electron chi connectivity index (χ4n) is 2.13. The zero-order chi connectivity index (χ0) is 14.3. The molecule has 3 rings (SSSR count). The summed E-state index contributed by atoms with van der Waals surface area (Å²) in [5.41, 5.74) is 3.17. The second kappa shape index (κ2) is 4.90. The summed E-state index contributed by atoms with van der Waals surface area (Å²) in [4.78, 5) is 11.4. The first-order valence-corrected chi connectivity index (χ1v) is 6.97. The van der Waals surface area contributed by atoms with Gasteiger partial charge < -0.3 is 4.42 Å². The molecule has 3 aromatic rings. The van der Waals surface area contributed by atoms with Gasteiger partial charge in [0.25, 0.3) is 0 Å². The summed E-state index contributed by atoms with van der Waals surface area (Å²) in [6.45, 7) is 0. The molecule has 0 saturated carbocycles. The Morgan fingerprint density at radius 3 is 2.50 bits per heavy atom. The second-order valence-electron chi connectivity index (χ2n) is 4.57. The Morgan fingerprint density at radius 1 is 1.15 bits per heavy atom. The zero-order valence-corrected chi connectivity index (χ0v) is 12.2. The van der Waals surface area contributed by atoms with E-state index in [1.54, 1.807) is 19.2 Å². The van der Waals surface area contributed by atoms with Crippen LogP contribution in [0.25, 0.3) is 11.1 Å². The summed E-state index contributed by atoms with van der Waals surface area (Å²) in [5, 5.41) is 0. The Morgan fingerprint density at radius 2 is 1.80 bits per heavy atom. The summed E-state index contributed by atoms with van der Waals surface area (Å²) in [7, 11) is 1.67. The van der Waals surface area contributed by atoms with Gasteiger partial charge in [-0.2, -0.15) is 0 Å². The molecule has 0 spiro atoms. The highest BCUT2D eigenvalue weighted by Crippen LogP contribution is 2.32. The van der Waals surface area contributed by atoms with Crippen LogP contribution in [0.3, 0.4) is 0 Å². The molecule has 0 fully saturated rings. The third-order valence-corrected chi connectivity index (χ3v) is 4.33. The molecule has 0 radical (unpaired) electrons. The largest absolute Gasteiger partial charge is 0.419 e. The summed E-state index contributed by atoms with van der Waals surface area (Å²) in [6.07, 6.45) is 0. The van der Waals surface area contributed by atoms with E-state index in [0.29, 0.717) is 5.58 Å². The molecule has 0 bridgehead atoms. The first-order chi connectivity index (χ1) is 9.56. The molecule has 20 heavy (non-hydrogen) atoms. The van der Waals surface area contributed by atoms with Gasteiger partial charge in [-0.05, 0) is 35.4 Å². The molecule has 0 aliphatic carbocycles. The number of hydrogen-bond acceptors (Lipinski definition) is 2. The number of fused-ring (bicyclic) bond motifs is 1. The highest BCUT2D eigenvalue weighted by Gasteiger charge is 2.13. The van der Waals surface area contributed by atoms with Crippen LogP contribution in [0.1, 0.15) is 16.0 Å². The lowest BCUT2D eigenvalue weighted by Gasteiger charge is -2.10. The van der Waals surface area contributed by atoms with Crippen molar-refractivity contribution in [3.05, 3.63) is 70.0 Å². The van der Waals surface area contributed by atoms with Gasteiger partial charge in [-0.1, -0.05) is 34.1 Å². The molecule has 0 aliphatic rings. The first-order valence-electron chi connectivity index (χ1n) is 6.05. The molecule has 0 saturated heterocycles. The minimum Gasteiger partial charge on any atom is -0.408 e. The second-order valence-corrected chi connectivity index (χ2v) is 5.48. The molecule has 0 N–H and O–H groups in total. The van der Waals surface area contributed by atoms with Gasteiger partial charge in [0, 0.05) is 7.05 Å². The van der Waals surface area contributed by atoms with Crippen molar-refractivity contribution in [2.45, 2.75) is 4.83 Å². The molecule has 1 heterocycles. The van der Waals surface area contributed by atoms with Crippen molar-refractivity contribution in [2.24, 2.45) is 7.05 Å². The monoisotopic (exact) mass is 335 g/mol. The smallest absolute Gasteiger partial charge is 0.408 e. The third-order valence-electron chi connectivity index (χ3n) is 3.27. The lowest BCUT2D eigenvalue weighted by Crippen LogP contribution is -2.08. The van der Waals surface area contributed by atoms with Gasteiger partial charge in [0.2, 0.25) is 0 Å². The van der Waals surface area contributed by atoms with Crippen LogP contribution in [0.2, 0.25) is 0 Å². The van der Waals surface area contributed by atoms with Crippen molar-refractivity contribution in [3.63, 3.8) is 0 Å². The number of nitrogens with zero attached hydrogens (tertiary/aromatic N) is 1. The van der Waals surface area contributed by atoms with Crippen LogP contribution in [0, 0.1) is 5.82 Å². The topological polar surface area (TPSA) is 35.1 Å². The van der Waals surface area contributed by atoms with Crippen LogP contribution >= 0.6 is 15.9 Å². The quantitative estimate of drug-likeness (QED) is 0.668. The van der Waals surface area contributed by atoms with Gasteiger partial charge in [0.05, 0.1) is 10.3 Å². The molecular formula is C15H11BrFNO2. The van der Waals surface area contributed by atoms with Crippen LogP contribution in [-0.4, -0.2) is 4.57 Å². The van der Waals surface area contributed by atoms with Crippen molar-refractivity contribution >= 4 is 27.0 Å². The highest BCUT2D eigenvalue weighted by molar-refractivity contribution is 9.09. The number of rotatable bonds is 2. The predicted molar refractivity (Wildman–Crippen MR) is 78.6 cm³/mol. The average molecular weight is 336 g/mol. The number of aromatic nitrogens is 1. The van der Waals surface area contributed by atoms with E-state index in [1.807, 2.05) is 18.2 Å². The Balaban J connectivity index is 2.05. The molecular weight excluding hydrogens is 325 g/mol. The Hall–Kier alpha value is -1.88. The molecule has 1 aromatic heterocycles. The SMILES string of the molecule is Cn1c(=O)oc2cc(C(Br)c3ccc(F)cc3)ccc21. The Kier molecular flexibility index (Phi) is 3.22. The minimum absolute atomic E-state index is 0.0852.